The first-order valence-corrected chi connectivity index (χ1v) is 9.16. The van der Waals surface area contributed by atoms with E-state index in [4.69, 9.17) is 4.74 Å². The molecule has 2 aromatic rings. The molecule has 2 rings (SSSR count). The molecule has 0 radical (unpaired) electrons. The van der Waals surface area contributed by atoms with Crippen molar-refractivity contribution in [2.75, 3.05) is 19.7 Å². The van der Waals surface area contributed by atoms with Gasteiger partial charge in [-0.2, -0.15) is 0 Å². The maximum absolute atomic E-state index is 13.0. The number of H-pyrrole nitrogens is 1. The Hall–Kier alpha value is -3.15. The number of ether oxygens (including phenoxy) is 1. The number of esters is 1. The van der Waals surface area contributed by atoms with Crippen LogP contribution in [0.15, 0.2) is 36.9 Å². The molecular weight excluding hydrogens is 356 g/mol. The number of nitrogens with one attached hydrogen (secondary N) is 1. The van der Waals surface area contributed by atoms with Crippen LogP contribution in [-0.4, -0.2) is 47.2 Å². The second-order valence-electron chi connectivity index (χ2n) is 6.61. The Morgan fingerprint density at radius 1 is 1.14 bits per heavy atom. The minimum atomic E-state index is -0.499. The van der Waals surface area contributed by atoms with Crippen LogP contribution in [0.3, 0.4) is 0 Å². The topological polar surface area (TPSA) is 79.5 Å². The van der Waals surface area contributed by atoms with Crippen molar-refractivity contribution in [1.29, 1.82) is 0 Å². The van der Waals surface area contributed by atoms with Gasteiger partial charge in [-0.3, -0.25) is 9.59 Å². The van der Waals surface area contributed by atoms with Crippen molar-refractivity contribution in [2.24, 2.45) is 0 Å². The Morgan fingerprint density at radius 3 is 2.36 bits per heavy atom. The van der Waals surface area contributed by atoms with Gasteiger partial charge in [0.15, 0.2) is 5.78 Å². The standard InChI is InChI=1S/C22H26N2O4/c1-6-12-24(21(26)17-10-8-14(3)9-11-17)13-18(25)19-15(4)20(23-16(19)5)22(27)28-7-2/h6,8-11,23H,1,7,12-13H2,2-5H3. The van der Waals surface area contributed by atoms with Gasteiger partial charge in [-0.1, -0.05) is 23.8 Å². The zero-order valence-corrected chi connectivity index (χ0v) is 16.8. The summed E-state index contributed by atoms with van der Waals surface area (Å²) in [6, 6.07) is 7.19. The molecule has 1 amide bonds. The van der Waals surface area contributed by atoms with Crippen LogP contribution in [0.2, 0.25) is 0 Å². The minimum Gasteiger partial charge on any atom is -0.461 e. The number of benzene rings is 1. The molecule has 0 aliphatic rings. The quantitative estimate of drug-likeness (QED) is 0.430. The molecule has 0 saturated heterocycles. The maximum atomic E-state index is 13.0. The largest absolute Gasteiger partial charge is 0.461 e. The van der Waals surface area contributed by atoms with Crippen molar-refractivity contribution in [3.63, 3.8) is 0 Å². The summed E-state index contributed by atoms with van der Waals surface area (Å²) in [4.78, 5) is 42.2. The monoisotopic (exact) mass is 382 g/mol. The molecule has 0 atom stereocenters. The Kier molecular flexibility index (Phi) is 6.93. The number of carbonyl (C=O) groups excluding carboxylic acids is 3. The fourth-order valence-electron chi connectivity index (χ4n) is 3.08. The molecular formula is C22H26N2O4. The first-order valence-electron chi connectivity index (χ1n) is 9.16. The van der Waals surface area contributed by atoms with E-state index in [1.54, 1.807) is 39.0 Å². The van der Waals surface area contributed by atoms with Gasteiger partial charge in [0.25, 0.3) is 5.91 Å². The van der Waals surface area contributed by atoms with Crippen LogP contribution in [0.1, 0.15) is 54.9 Å². The zero-order valence-electron chi connectivity index (χ0n) is 16.8. The SMILES string of the molecule is C=CCN(CC(=O)c1c(C)[nH]c(C(=O)OCC)c1C)C(=O)c1ccc(C)cc1. The van der Waals surface area contributed by atoms with Crippen LogP contribution in [0.25, 0.3) is 0 Å². The van der Waals surface area contributed by atoms with Crippen molar-refractivity contribution in [3.8, 4) is 0 Å². The van der Waals surface area contributed by atoms with Gasteiger partial charge in [0.2, 0.25) is 0 Å². The van der Waals surface area contributed by atoms with Gasteiger partial charge in [0, 0.05) is 23.4 Å². The molecule has 148 valence electrons. The van der Waals surface area contributed by atoms with Crippen molar-refractivity contribution in [1.82, 2.24) is 9.88 Å². The van der Waals surface area contributed by atoms with Crippen molar-refractivity contribution < 1.29 is 19.1 Å². The van der Waals surface area contributed by atoms with Crippen LogP contribution in [0, 0.1) is 20.8 Å². The molecule has 28 heavy (non-hydrogen) atoms. The van der Waals surface area contributed by atoms with E-state index in [0.717, 1.165) is 5.56 Å². The molecule has 0 aliphatic carbocycles. The fourth-order valence-corrected chi connectivity index (χ4v) is 3.08. The summed E-state index contributed by atoms with van der Waals surface area (Å²) >= 11 is 0. The molecule has 1 aromatic heterocycles. The zero-order chi connectivity index (χ0) is 20.8. The average Bonchev–Trinajstić information content (AvgIpc) is 2.96. The summed E-state index contributed by atoms with van der Waals surface area (Å²) in [6.45, 7) is 11.1. The highest BCUT2D eigenvalue weighted by Crippen LogP contribution is 2.20. The molecule has 0 saturated carbocycles. The highest BCUT2D eigenvalue weighted by molar-refractivity contribution is 6.05. The Bertz CT molecular complexity index is 894. The summed E-state index contributed by atoms with van der Waals surface area (Å²) in [5.41, 5.74) is 3.34. The second-order valence-corrected chi connectivity index (χ2v) is 6.61. The van der Waals surface area contributed by atoms with Gasteiger partial charge < -0.3 is 14.6 Å². The Balaban J connectivity index is 2.27. The van der Waals surface area contributed by atoms with E-state index in [9.17, 15) is 14.4 Å². The highest BCUT2D eigenvalue weighted by atomic mass is 16.5. The number of hydrogen-bond donors (Lipinski definition) is 1. The number of aryl methyl sites for hydroxylation is 2. The van der Waals surface area contributed by atoms with Crippen LogP contribution in [-0.2, 0) is 4.74 Å². The molecule has 1 heterocycles. The summed E-state index contributed by atoms with van der Waals surface area (Å²) < 4.78 is 5.02. The minimum absolute atomic E-state index is 0.111. The van der Waals surface area contributed by atoms with E-state index in [1.165, 1.54) is 4.90 Å². The molecule has 0 spiro atoms. The third kappa shape index (κ3) is 4.57. The summed E-state index contributed by atoms with van der Waals surface area (Å²) in [6.07, 6.45) is 1.58. The molecule has 1 N–H and O–H groups in total. The number of rotatable bonds is 8. The van der Waals surface area contributed by atoms with E-state index >= 15 is 0 Å². The number of hydrogen-bond acceptors (Lipinski definition) is 4. The summed E-state index contributed by atoms with van der Waals surface area (Å²) in [7, 11) is 0. The molecule has 0 aliphatic heterocycles. The molecule has 0 fully saturated rings. The van der Waals surface area contributed by atoms with Crippen LogP contribution >= 0.6 is 0 Å². The Morgan fingerprint density at radius 2 is 1.79 bits per heavy atom. The van der Waals surface area contributed by atoms with Crippen LogP contribution in [0.5, 0.6) is 0 Å². The normalized spacial score (nSPS) is 10.4. The van der Waals surface area contributed by atoms with Gasteiger partial charge in [-0.25, -0.2) is 4.79 Å². The third-order valence-corrected chi connectivity index (χ3v) is 4.47. The number of aromatic nitrogens is 1. The number of aromatic amines is 1. The van der Waals surface area contributed by atoms with Gasteiger partial charge in [-0.15, -0.1) is 6.58 Å². The number of nitrogens with zero attached hydrogens (tertiary/aromatic N) is 1. The second kappa shape index (κ2) is 9.17. The van der Waals surface area contributed by atoms with E-state index in [2.05, 4.69) is 11.6 Å². The summed E-state index contributed by atoms with van der Waals surface area (Å²) in [5.74, 6) is -0.991. The van der Waals surface area contributed by atoms with Gasteiger partial charge >= 0.3 is 5.97 Å². The smallest absolute Gasteiger partial charge is 0.355 e. The number of carbonyl (C=O) groups is 3. The molecule has 0 unspecified atom stereocenters. The lowest BCUT2D eigenvalue weighted by atomic mass is 10.0. The Labute approximate surface area is 165 Å². The fraction of sp³-hybridized carbons (Fsp3) is 0.318. The van der Waals surface area contributed by atoms with E-state index in [0.29, 0.717) is 22.4 Å². The van der Waals surface area contributed by atoms with Crippen LogP contribution in [0.4, 0.5) is 0 Å². The van der Waals surface area contributed by atoms with Gasteiger partial charge in [0.1, 0.15) is 5.69 Å². The molecule has 0 bridgehead atoms. The van der Waals surface area contributed by atoms with E-state index in [1.807, 2.05) is 19.1 Å². The van der Waals surface area contributed by atoms with Crippen molar-refractivity contribution >= 4 is 17.7 Å². The predicted octanol–water partition coefficient (Wildman–Crippen LogP) is 3.63. The van der Waals surface area contributed by atoms with Gasteiger partial charge in [0.05, 0.1) is 13.2 Å². The lowest BCUT2D eigenvalue weighted by Crippen LogP contribution is -2.36. The van der Waals surface area contributed by atoms with Gasteiger partial charge in [-0.05, 0) is 45.4 Å². The molecule has 6 nitrogen and oxygen atoms in total. The number of amides is 1. The number of ketones is 1. The van der Waals surface area contributed by atoms with E-state index < -0.39 is 5.97 Å². The lowest BCUT2D eigenvalue weighted by Gasteiger charge is -2.21. The summed E-state index contributed by atoms with van der Waals surface area (Å²) in [5, 5.41) is 0. The number of Topliss-reactive ketones (excluding diaryl/α,β-unsaturated/α-hetero) is 1. The molecule has 1 aromatic carbocycles. The lowest BCUT2D eigenvalue weighted by molar-refractivity contribution is 0.0519. The van der Waals surface area contributed by atoms with Crippen molar-refractivity contribution in [3.05, 3.63) is 70.6 Å². The average molecular weight is 382 g/mol. The van der Waals surface area contributed by atoms with Crippen LogP contribution < -0.4 is 0 Å². The van der Waals surface area contributed by atoms with Crippen molar-refractivity contribution in [2.45, 2.75) is 27.7 Å². The third-order valence-electron chi connectivity index (χ3n) is 4.47. The first-order chi connectivity index (χ1) is 13.3. The van der Waals surface area contributed by atoms with E-state index in [-0.39, 0.29) is 37.1 Å². The maximum Gasteiger partial charge on any atom is 0.355 e. The predicted molar refractivity (Wildman–Crippen MR) is 108 cm³/mol. The first kappa shape index (κ1) is 21.2. The highest BCUT2D eigenvalue weighted by Gasteiger charge is 2.25. The molecule has 6 heteroatoms.